The van der Waals surface area contributed by atoms with Gasteiger partial charge in [0.2, 0.25) is 0 Å². The first-order valence-corrected chi connectivity index (χ1v) is 8.29. The molecule has 1 aromatic rings. The molecule has 1 aliphatic heterocycles. The largest absolute Gasteiger partial charge is 0.370 e. The third-order valence-corrected chi connectivity index (χ3v) is 4.79. The Balaban J connectivity index is 1.51. The van der Waals surface area contributed by atoms with Crippen LogP contribution in [-0.2, 0) is 6.42 Å². The molecule has 2 heterocycles. The molecule has 1 atom stereocenters. The Bertz CT molecular complexity index is 406. The van der Waals surface area contributed by atoms with Crippen LogP contribution >= 0.6 is 0 Å². The molecule has 20 heavy (non-hydrogen) atoms. The van der Waals surface area contributed by atoms with Crippen LogP contribution in [0.25, 0.3) is 0 Å². The van der Waals surface area contributed by atoms with E-state index in [-0.39, 0.29) is 0 Å². The zero-order valence-corrected chi connectivity index (χ0v) is 12.4. The number of pyridine rings is 1. The molecule has 0 radical (unpaired) electrons. The van der Waals surface area contributed by atoms with Gasteiger partial charge in [-0.1, -0.05) is 12.8 Å². The van der Waals surface area contributed by atoms with Gasteiger partial charge < -0.3 is 10.6 Å². The van der Waals surface area contributed by atoms with Gasteiger partial charge in [0, 0.05) is 12.7 Å². The van der Waals surface area contributed by atoms with Gasteiger partial charge in [0.25, 0.3) is 0 Å². The zero-order valence-electron chi connectivity index (χ0n) is 12.4. The summed E-state index contributed by atoms with van der Waals surface area (Å²) in [6, 6.07) is 4.43. The van der Waals surface area contributed by atoms with Crippen molar-refractivity contribution < 1.29 is 0 Å². The number of hydrogen-bond acceptors (Lipinski definition) is 3. The Hall–Kier alpha value is -1.09. The van der Waals surface area contributed by atoms with Gasteiger partial charge >= 0.3 is 0 Å². The van der Waals surface area contributed by atoms with Crippen molar-refractivity contribution in [3.63, 3.8) is 0 Å². The highest BCUT2D eigenvalue weighted by molar-refractivity contribution is 5.37. The van der Waals surface area contributed by atoms with E-state index in [1.807, 2.05) is 6.20 Å². The summed E-state index contributed by atoms with van der Waals surface area (Å²) in [5.41, 5.74) is 1.43. The lowest BCUT2D eigenvalue weighted by molar-refractivity contribution is 0.376. The molecule has 0 amide bonds. The Morgan fingerprint density at radius 2 is 2.00 bits per heavy atom. The predicted octanol–water partition coefficient (Wildman–Crippen LogP) is 3.23. The standard InChI is InChI=1S/C17H27N3/c1-2-5-14(4-1)13-20-17-11-15(7-9-19-17)10-16-6-3-8-18-12-16/h7,9,11,14,16,18H,1-6,8,10,12-13H2,(H,19,20). The fourth-order valence-electron chi connectivity index (χ4n) is 3.59. The normalized spacial score (nSPS) is 23.9. The van der Waals surface area contributed by atoms with E-state index in [4.69, 9.17) is 0 Å². The van der Waals surface area contributed by atoms with E-state index in [0.29, 0.717) is 0 Å². The van der Waals surface area contributed by atoms with Crippen molar-refractivity contribution in [2.24, 2.45) is 11.8 Å². The minimum atomic E-state index is 0.800. The highest BCUT2D eigenvalue weighted by Crippen LogP contribution is 2.25. The maximum atomic E-state index is 4.47. The van der Waals surface area contributed by atoms with Gasteiger partial charge in [-0.05, 0) is 74.7 Å². The summed E-state index contributed by atoms with van der Waals surface area (Å²) in [6.45, 7) is 3.47. The second kappa shape index (κ2) is 7.07. The SMILES string of the molecule is c1cc(CC2CCCNC2)cc(NCC2CCCC2)n1. The second-order valence-electron chi connectivity index (χ2n) is 6.50. The minimum absolute atomic E-state index is 0.800. The monoisotopic (exact) mass is 273 g/mol. The molecule has 3 nitrogen and oxygen atoms in total. The second-order valence-corrected chi connectivity index (χ2v) is 6.50. The van der Waals surface area contributed by atoms with E-state index in [9.17, 15) is 0 Å². The third kappa shape index (κ3) is 3.95. The lowest BCUT2D eigenvalue weighted by atomic mass is 9.93. The number of nitrogens with zero attached hydrogens (tertiary/aromatic N) is 1. The molecule has 1 aromatic heterocycles. The first kappa shape index (κ1) is 13.9. The van der Waals surface area contributed by atoms with Gasteiger partial charge in [0.05, 0.1) is 0 Å². The Labute approximate surface area is 122 Å². The molecule has 1 saturated carbocycles. The van der Waals surface area contributed by atoms with Gasteiger partial charge in [-0.3, -0.25) is 0 Å². The van der Waals surface area contributed by atoms with E-state index in [1.165, 1.54) is 63.6 Å². The molecule has 3 rings (SSSR count). The van der Waals surface area contributed by atoms with Crippen LogP contribution in [0.15, 0.2) is 18.3 Å². The summed E-state index contributed by atoms with van der Waals surface area (Å²) < 4.78 is 0. The quantitative estimate of drug-likeness (QED) is 0.865. The summed E-state index contributed by atoms with van der Waals surface area (Å²) in [5.74, 6) is 2.73. The van der Waals surface area contributed by atoms with E-state index in [1.54, 1.807) is 0 Å². The average molecular weight is 273 g/mol. The van der Waals surface area contributed by atoms with Gasteiger partial charge in [-0.2, -0.15) is 0 Å². The molecule has 0 bridgehead atoms. The molecule has 2 N–H and O–H groups in total. The van der Waals surface area contributed by atoms with E-state index in [0.717, 1.165) is 24.2 Å². The van der Waals surface area contributed by atoms with Crippen LogP contribution in [0, 0.1) is 11.8 Å². The minimum Gasteiger partial charge on any atom is -0.370 e. The first-order chi connectivity index (χ1) is 9.90. The molecule has 3 heteroatoms. The lowest BCUT2D eigenvalue weighted by Crippen LogP contribution is -2.30. The molecule has 2 fully saturated rings. The average Bonchev–Trinajstić information content (AvgIpc) is 3.00. The Morgan fingerprint density at radius 1 is 1.15 bits per heavy atom. The summed E-state index contributed by atoms with van der Waals surface area (Å²) in [6.07, 6.45) is 11.4. The van der Waals surface area contributed by atoms with Gasteiger partial charge in [-0.25, -0.2) is 4.98 Å². The number of anilines is 1. The van der Waals surface area contributed by atoms with E-state index >= 15 is 0 Å². The van der Waals surface area contributed by atoms with Gasteiger partial charge in [0.15, 0.2) is 0 Å². The Morgan fingerprint density at radius 3 is 2.80 bits per heavy atom. The number of aromatic nitrogens is 1. The van der Waals surface area contributed by atoms with Crippen molar-refractivity contribution in [3.8, 4) is 0 Å². The molecule has 1 unspecified atom stereocenters. The van der Waals surface area contributed by atoms with Crippen LogP contribution in [0.2, 0.25) is 0 Å². The predicted molar refractivity (Wildman–Crippen MR) is 84.0 cm³/mol. The van der Waals surface area contributed by atoms with Crippen molar-refractivity contribution in [2.45, 2.75) is 44.9 Å². The van der Waals surface area contributed by atoms with Crippen molar-refractivity contribution in [3.05, 3.63) is 23.9 Å². The summed E-state index contributed by atoms with van der Waals surface area (Å²) in [5, 5.41) is 7.04. The fraction of sp³-hybridized carbons (Fsp3) is 0.706. The van der Waals surface area contributed by atoms with Crippen LogP contribution in [0.1, 0.15) is 44.1 Å². The van der Waals surface area contributed by atoms with Gasteiger partial charge in [-0.15, -0.1) is 0 Å². The van der Waals surface area contributed by atoms with Crippen LogP contribution < -0.4 is 10.6 Å². The number of rotatable bonds is 5. The fourth-order valence-corrected chi connectivity index (χ4v) is 3.59. The smallest absolute Gasteiger partial charge is 0.126 e. The number of piperidine rings is 1. The number of nitrogens with one attached hydrogen (secondary N) is 2. The van der Waals surface area contributed by atoms with Crippen LogP contribution in [0.3, 0.4) is 0 Å². The van der Waals surface area contributed by atoms with Crippen molar-refractivity contribution in [1.29, 1.82) is 0 Å². The highest BCUT2D eigenvalue weighted by Gasteiger charge is 2.15. The van der Waals surface area contributed by atoms with Crippen molar-refractivity contribution in [1.82, 2.24) is 10.3 Å². The van der Waals surface area contributed by atoms with Crippen LogP contribution in [0.5, 0.6) is 0 Å². The molecule has 1 aliphatic carbocycles. The zero-order chi connectivity index (χ0) is 13.6. The lowest BCUT2D eigenvalue weighted by Gasteiger charge is -2.22. The molecule has 0 aromatic carbocycles. The summed E-state index contributed by atoms with van der Waals surface area (Å²) >= 11 is 0. The first-order valence-electron chi connectivity index (χ1n) is 8.29. The van der Waals surface area contributed by atoms with Crippen molar-refractivity contribution >= 4 is 5.82 Å². The summed E-state index contributed by atoms with van der Waals surface area (Å²) in [4.78, 5) is 4.47. The molecule has 0 spiro atoms. The number of hydrogen-bond donors (Lipinski definition) is 2. The molecule has 110 valence electrons. The maximum absolute atomic E-state index is 4.47. The summed E-state index contributed by atoms with van der Waals surface area (Å²) in [7, 11) is 0. The molecular formula is C17H27N3. The van der Waals surface area contributed by atoms with E-state index < -0.39 is 0 Å². The van der Waals surface area contributed by atoms with E-state index in [2.05, 4.69) is 27.8 Å². The maximum Gasteiger partial charge on any atom is 0.126 e. The Kier molecular flexibility index (Phi) is 4.91. The third-order valence-electron chi connectivity index (χ3n) is 4.79. The highest BCUT2D eigenvalue weighted by atomic mass is 15.0. The molecule has 1 saturated heterocycles. The van der Waals surface area contributed by atoms with Crippen LogP contribution in [0.4, 0.5) is 5.82 Å². The van der Waals surface area contributed by atoms with Gasteiger partial charge in [0.1, 0.15) is 5.82 Å². The molecular weight excluding hydrogens is 246 g/mol. The molecule has 2 aliphatic rings. The van der Waals surface area contributed by atoms with Crippen LogP contribution in [-0.4, -0.2) is 24.6 Å². The topological polar surface area (TPSA) is 37.0 Å². The van der Waals surface area contributed by atoms with Crippen molar-refractivity contribution in [2.75, 3.05) is 25.0 Å².